The molecule has 10 aromatic rings. The van der Waals surface area contributed by atoms with Crippen molar-refractivity contribution in [2.75, 3.05) is 5.32 Å². The predicted molar refractivity (Wildman–Crippen MR) is 348 cm³/mol. The number of fused-ring (bicyclic) bond motifs is 2. The number of carbonyl (C=O) groups is 1. The van der Waals surface area contributed by atoms with Gasteiger partial charge in [-0.1, -0.05) is 169 Å². The summed E-state index contributed by atoms with van der Waals surface area (Å²) >= 11 is 25.8. The van der Waals surface area contributed by atoms with Gasteiger partial charge in [0.15, 0.2) is 0 Å². The number of aromatic nitrogens is 2. The van der Waals surface area contributed by atoms with Gasteiger partial charge >= 0.3 is 6.03 Å². The Bertz CT molecular complexity index is 4470. The molecular formula is C66H58Cl4N6O10S2. The largest absolute Gasteiger partial charge is 0.489 e. The molecule has 0 bridgehead atoms. The monoisotopic (exact) mass is 1300 g/mol. The summed E-state index contributed by atoms with van der Waals surface area (Å²) in [5, 5.41) is 20.8. The summed E-state index contributed by atoms with van der Waals surface area (Å²) in [6, 6.07) is 48.6. The molecule has 22 heteroatoms. The van der Waals surface area contributed by atoms with E-state index < -0.39 is 31.3 Å². The molecule has 16 nitrogen and oxygen atoms in total. The molecule has 4 N–H and O–H groups in total. The van der Waals surface area contributed by atoms with E-state index in [4.69, 9.17) is 70.1 Å². The highest BCUT2D eigenvalue weighted by atomic mass is 35.5. The van der Waals surface area contributed by atoms with Crippen LogP contribution in [-0.2, 0) is 38.1 Å². The zero-order valence-corrected chi connectivity index (χ0v) is 52.5. The molecule has 88 heavy (non-hydrogen) atoms. The fourth-order valence-electron chi connectivity index (χ4n) is 9.77. The van der Waals surface area contributed by atoms with E-state index in [1.54, 1.807) is 54.6 Å². The SMILES string of the molecule is CC(C)c1onc(-c2c(Cl)cccc2Cl)c1COc1ccc(-c2ccc3c(N=C=O)cccc3c2)cc1.CC(C)c1onc(-c2c(Cl)cccc2Cl)c1COc1ccc(-c2ccc3c(NC(=O)NS(=O)(=O)C4CC4)cccc3c2)cc1.NS(=O)(=O)C1CC1. The Morgan fingerprint density at radius 3 is 1.43 bits per heavy atom. The van der Waals surface area contributed by atoms with Crippen molar-refractivity contribution in [3.05, 3.63) is 200 Å². The Labute approximate surface area is 529 Å². The molecule has 2 aliphatic carbocycles. The van der Waals surface area contributed by atoms with Gasteiger partial charge in [0.1, 0.15) is 47.6 Å². The van der Waals surface area contributed by atoms with Crippen molar-refractivity contribution in [2.45, 2.75) is 88.9 Å². The molecule has 2 aliphatic rings. The molecule has 8 aromatic carbocycles. The van der Waals surface area contributed by atoms with Crippen LogP contribution in [0.4, 0.5) is 16.2 Å². The summed E-state index contributed by atoms with van der Waals surface area (Å²) in [7, 11) is -6.77. The third-order valence-electron chi connectivity index (χ3n) is 14.6. The van der Waals surface area contributed by atoms with Gasteiger partial charge in [-0.25, -0.2) is 36.3 Å². The van der Waals surface area contributed by atoms with Gasteiger partial charge in [0, 0.05) is 33.7 Å². The lowest BCUT2D eigenvalue weighted by atomic mass is 10.00. The van der Waals surface area contributed by atoms with Crippen LogP contribution in [-0.4, -0.2) is 49.8 Å². The van der Waals surface area contributed by atoms with Gasteiger partial charge in [0.05, 0.1) is 53.1 Å². The highest BCUT2D eigenvalue weighted by Gasteiger charge is 2.37. The summed E-state index contributed by atoms with van der Waals surface area (Å²) in [4.78, 5) is 26.9. The number of benzene rings is 8. The number of primary sulfonamides is 1. The number of nitrogens with two attached hydrogens (primary N) is 1. The van der Waals surface area contributed by atoms with Crippen LogP contribution >= 0.6 is 46.4 Å². The van der Waals surface area contributed by atoms with Crippen LogP contribution in [0.5, 0.6) is 11.5 Å². The Morgan fingerprint density at radius 1 is 0.591 bits per heavy atom. The maximum atomic E-state index is 12.4. The van der Waals surface area contributed by atoms with Crippen LogP contribution in [0.15, 0.2) is 172 Å². The second-order valence-corrected chi connectivity index (χ2v) is 27.1. The third kappa shape index (κ3) is 14.9. The van der Waals surface area contributed by atoms with Crippen LogP contribution in [0.1, 0.15) is 87.9 Å². The molecule has 2 aromatic heterocycles. The molecule has 2 saturated carbocycles. The van der Waals surface area contributed by atoms with Gasteiger partial charge in [-0.2, -0.15) is 4.99 Å². The molecule has 2 heterocycles. The van der Waals surface area contributed by atoms with E-state index in [2.05, 4.69) is 31.4 Å². The standard InChI is InChI=1S/C33H29Cl2N3O5S.C30H22Cl2N2O3.C3H7NO2S/c1-19(2)32-26(31(37-43-32)30-27(34)6-4-7-28(30)35)18-42-23-12-9-20(10-13-23)21-11-16-25-22(17-21)5-3-8-29(25)36-33(39)38-44(40,41)24-14-15-24;1-18(2)30-24(29(34-37-30)28-25(31)6-4-7-26(28)32)16-36-22-12-9-19(10-13-22)20-11-14-23-21(15-20)5-3-8-27(23)33-17-35;4-7(5,6)3-1-2-3/h3-13,16-17,19,24H,14-15,18H2,1-2H3,(H2,36,38,39);3-15,18H,16H2,1-2H3;3H,1-2H2,(H2,4,5,6). The summed E-state index contributed by atoms with van der Waals surface area (Å²) in [6.45, 7) is 8.59. The number of halogens is 4. The minimum Gasteiger partial charge on any atom is -0.489 e. The normalized spacial score (nSPS) is 13.1. The van der Waals surface area contributed by atoms with Crippen LogP contribution in [0.3, 0.4) is 0 Å². The molecule has 0 unspecified atom stereocenters. The smallest absolute Gasteiger partial charge is 0.332 e. The number of nitrogens with zero attached hydrogens (tertiary/aromatic N) is 3. The molecule has 452 valence electrons. The van der Waals surface area contributed by atoms with Crippen molar-refractivity contribution >= 4 is 111 Å². The van der Waals surface area contributed by atoms with Gasteiger partial charge in [0.25, 0.3) is 0 Å². The molecular weight excluding hydrogens is 1240 g/mol. The molecule has 0 aliphatic heterocycles. The van der Waals surface area contributed by atoms with E-state index in [0.29, 0.717) is 84.1 Å². The number of ether oxygens (including phenoxy) is 2. The maximum absolute atomic E-state index is 12.4. The topological polar surface area (TPSA) is 235 Å². The Balaban J connectivity index is 0.000000177. The van der Waals surface area contributed by atoms with E-state index in [-0.39, 0.29) is 30.3 Å². The molecule has 0 radical (unpaired) electrons. The van der Waals surface area contributed by atoms with E-state index in [1.807, 2.05) is 131 Å². The minimum absolute atomic E-state index is 0.0762. The first-order valence-corrected chi connectivity index (χ1v) is 32.6. The summed E-state index contributed by atoms with van der Waals surface area (Å²) in [5.74, 6) is 3.00. The fraction of sp³-hybridized carbons (Fsp3) is 0.212. The Hall–Kier alpha value is -8.03. The highest BCUT2D eigenvalue weighted by Crippen LogP contribution is 2.42. The average molecular weight is 1300 g/mol. The van der Waals surface area contributed by atoms with E-state index in [1.165, 1.54) is 0 Å². The van der Waals surface area contributed by atoms with Gasteiger partial charge < -0.3 is 23.8 Å². The third-order valence-corrected chi connectivity index (χ3v) is 19.0. The molecule has 0 atom stereocenters. The second kappa shape index (κ2) is 27.2. The summed E-state index contributed by atoms with van der Waals surface area (Å²) in [6.07, 6.45) is 4.30. The zero-order chi connectivity index (χ0) is 62.4. The lowest BCUT2D eigenvalue weighted by Gasteiger charge is -2.12. The lowest BCUT2D eigenvalue weighted by Crippen LogP contribution is -2.36. The number of rotatable bonds is 17. The second-order valence-electron chi connectivity index (χ2n) is 21.6. The molecule has 2 fully saturated rings. The van der Waals surface area contributed by atoms with Gasteiger partial charge in [-0.05, 0) is 132 Å². The van der Waals surface area contributed by atoms with Gasteiger partial charge in [-0.15, -0.1) is 0 Å². The zero-order valence-electron chi connectivity index (χ0n) is 47.9. The van der Waals surface area contributed by atoms with Gasteiger partial charge in [-0.3, -0.25) is 0 Å². The number of carbonyl (C=O) groups excluding carboxylic acids is 2. The molecule has 2 amide bonds. The van der Waals surface area contributed by atoms with Crippen LogP contribution in [0.2, 0.25) is 20.1 Å². The average Bonchev–Trinajstić information content (AvgIpc) is 3.17. The van der Waals surface area contributed by atoms with Crippen molar-refractivity contribution in [3.63, 3.8) is 0 Å². The first-order chi connectivity index (χ1) is 42.2. The van der Waals surface area contributed by atoms with Crippen molar-refractivity contribution in [1.82, 2.24) is 15.0 Å². The number of hydrogen-bond acceptors (Lipinski definition) is 13. The van der Waals surface area contributed by atoms with Gasteiger partial charge in [0.2, 0.25) is 26.1 Å². The van der Waals surface area contributed by atoms with Crippen LogP contribution < -0.4 is 24.7 Å². The first-order valence-electron chi connectivity index (χ1n) is 28.0. The van der Waals surface area contributed by atoms with Crippen molar-refractivity contribution in [3.8, 4) is 56.3 Å². The van der Waals surface area contributed by atoms with Crippen LogP contribution in [0, 0.1) is 0 Å². The molecule has 0 saturated heterocycles. The number of amides is 2. The minimum atomic E-state index is -3.64. The highest BCUT2D eigenvalue weighted by molar-refractivity contribution is 7.91. The van der Waals surface area contributed by atoms with Crippen molar-refractivity contribution in [1.29, 1.82) is 0 Å². The van der Waals surface area contributed by atoms with Crippen molar-refractivity contribution < 1.29 is 44.9 Å². The van der Waals surface area contributed by atoms with E-state index >= 15 is 0 Å². The number of sulfonamides is 2. The van der Waals surface area contributed by atoms with Crippen molar-refractivity contribution in [2.24, 2.45) is 10.1 Å². The number of hydrogen-bond donors (Lipinski definition) is 3. The Morgan fingerprint density at radius 2 is 1.01 bits per heavy atom. The molecule has 12 rings (SSSR count). The van der Waals surface area contributed by atoms with Crippen LogP contribution in [0.25, 0.3) is 66.3 Å². The number of aliphatic imine (C=N–C) groups is 1. The predicted octanol–water partition coefficient (Wildman–Crippen LogP) is 17.4. The van der Waals surface area contributed by atoms with E-state index in [0.717, 1.165) is 73.5 Å². The lowest BCUT2D eigenvalue weighted by molar-refractivity contribution is 0.256. The fourth-order valence-corrected chi connectivity index (χ4v) is 12.9. The number of urea groups is 1. The maximum Gasteiger partial charge on any atom is 0.332 e. The number of nitrogens with one attached hydrogen (secondary N) is 2. The van der Waals surface area contributed by atoms with E-state index in [9.17, 15) is 26.4 Å². The first kappa shape index (κ1) is 63.0. The number of isocyanates is 1. The number of anilines is 1. The molecule has 0 spiro atoms. The summed E-state index contributed by atoms with van der Waals surface area (Å²) < 4.78 is 70.4. The summed E-state index contributed by atoms with van der Waals surface area (Å²) in [5.41, 5.74) is 9.15. The Kier molecular flexibility index (Phi) is 19.4. The quantitative estimate of drug-likeness (QED) is 0.0570.